The Morgan fingerprint density at radius 1 is 1.35 bits per heavy atom. The summed E-state index contributed by atoms with van der Waals surface area (Å²) in [4.78, 5) is 11.9. The largest absolute Gasteiger partial charge is 0.457 e. The van der Waals surface area contributed by atoms with E-state index in [2.05, 4.69) is 0 Å². The Morgan fingerprint density at radius 2 is 2.18 bits per heavy atom. The minimum absolute atomic E-state index is 0.124. The first kappa shape index (κ1) is 10.6. The molecule has 1 atom stereocenters. The molecule has 2 heterocycles. The Kier molecular flexibility index (Phi) is 2.34. The molecule has 0 saturated heterocycles. The molecule has 86 valence electrons. The monoisotopic (exact) mass is 246 g/mol. The first-order chi connectivity index (χ1) is 8.19. The van der Waals surface area contributed by atoms with Crippen LogP contribution >= 0.6 is 11.8 Å². The minimum atomic E-state index is -1.16. The summed E-state index contributed by atoms with van der Waals surface area (Å²) >= 11 is 1.49. The number of fused-ring (bicyclic) bond motifs is 1. The van der Waals surface area contributed by atoms with Gasteiger partial charge < -0.3 is 9.52 Å². The molecule has 1 unspecified atom stereocenters. The van der Waals surface area contributed by atoms with Crippen LogP contribution in [0.15, 0.2) is 51.0 Å². The van der Waals surface area contributed by atoms with Crippen molar-refractivity contribution in [2.75, 3.05) is 5.75 Å². The number of aliphatic hydroxyl groups is 1. The van der Waals surface area contributed by atoms with E-state index in [9.17, 15) is 9.90 Å². The lowest BCUT2D eigenvalue weighted by atomic mass is 10.0. The van der Waals surface area contributed by atoms with E-state index < -0.39 is 5.60 Å². The zero-order valence-electron chi connectivity index (χ0n) is 8.92. The van der Waals surface area contributed by atoms with Crippen LogP contribution in [-0.2, 0) is 5.60 Å². The molecule has 1 aromatic carbocycles. The highest BCUT2D eigenvalue weighted by molar-refractivity contribution is 8.02. The molecule has 0 spiro atoms. The zero-order valence-corrected chi connectivity index (χ0v) is 9.74. The van der Waals surface area contributed by atoms with E-state index in [0.717, 1.165) is 0 Å². The summed E-state index contributed by atoms with van der Waals surface area (Å²) < 4.78 is 5.61. The lowest BCUT2D eigenvalue weighted by Gasteiger charge is -2.18. The maximum atomic E-state index is 11.9. The van der Waals surface area contributed by atoms with Crippen LogP contribution in [0.5, 0.6) is 0 Å². The van der Waals surface area contributed by atoms with Crippen molar-refractivity contribution >= 4 is 22.7 Å². The molecule has 3 rings (SSSR count). The van der Waals surface area contributed by atoms with Gasteiger partial charge in [0.15, 0.2) is 11.0 Å². The average molecular weight is 246 g/mol. The Balaban J connectivity index is 2.26. The van der Waals surface area contributed by atoms with Crippen LogP contribution in [0.1, 0.15) is 5.76 Å². The summed E-state index contributed by atoms with van der Waals surface area (Å²) in [7, 11) is 0. The van der Waals surface area contributed by atoms with Gasteiger partial charge in [0.05, 0.1) is 5.39 Å². The average Bonchev–Trinajstić information content (AvgIpc) is 2.78. The molecule has 0 radical (unpaired) electrons. The maximum Gasteiger partial charge on any atom is 0.193 e. The van der Waals surface area contributed by atoms with Crippen LogP contribution in [0.2, 0.25) is 0 Å². The predicted molar refractivity (Wildman–Crippen MR) is 68.0 cm³/mol. The molecule has 1 aliphatic heterocycles. The van der Waals surface area contributed by atoms with E-state index in [0.29, 0.717) is 22.5 Å². The molecule has 1 aliphatic rings. The van der Waals surface area contributed by atoms with Crippen molar-refractivity contribution in [3.8, 4) is 0 Å². The van der Waals surface area contributed by atoms with Crippen LogP contribution in [0.25, 0.3) is 11.0 Å². The van der Waals surface area contributed by atoms with Gasteiger partial charge in [-0.2, -0.15) is 0 Å². The first-order valence-corrected chi connectivity index (χ1v) is 6.29. The number of rotatable bonds is 1. The van der Waals surface area contributed by atoms with Gasteiger partial charge in [0.2, 0.25) is 0 Å². The highest BCUT2D eigenvalue weighted by Crippen LogP contribution is 2.34. The summed E-state index contributed by atoms with van der Waals surface area (Å²) in [5.41, 5.74) is -0.775. The van der Waals surface area contributed by atoms with Crippen LogP contribution in [0, 0.1) is 0 Å². The van der Waals surface area contributed by atoms with Crippen molar-refractivity contribution in [2.24, 2.45) is 0 Å². The third-order valence-electron chi connectivity index (χ3n) is 2.80. The Hall–Kier alpha value is -1.52. The van der Waals surface area contributed by atoms with Crippen molar-refractivity contribution < 1.29 is 9.52 Å². The lowest BCUT2D eigenvalue weighted by molar-refractivity contribution is 0.0930. The predicted octanol–water partition coefficient (Wildman–Crippen LogP) is 2.24. The van der Waals surface area contributed by atoms with E-state index in [1.165, 1.54) is 17.8 Å². The second-order valence-corrected chi connectivity index (χ2v) is 4.90. The number of benzene rings is 1. The molecular weight excluding hydrogens is 236 g/mol. The standard InChI is InChI=1S/C13H10O3S/c14-10-7-12(13(15)5-6-17-8-13)16-11-4-2-1-3-9(10)11/h1-7,15H,8H2. The highest BCUT2D eigenvalue weighted by Gasteiger charge is 2.32. The zero-order chi connectivity index (χ0) is 11.9. The molecule has 3 nitrogen and oxygen atoms in total. The van der Waals surface area contributed by atoms with Crippen molar-refractivity contribution in [1.29, 1.82) is 0 Å². The summed E-state index contributed by atoms with van der Waals surface area (Å²) in [6, 6.07) is 8.42. The van der Waals surface area contributed by atoms with Gasteiger partial charge in [-0.05, 0) is 23.6 Å². The molecule has 17 heavy (non-hydrogen) atoms. The van der Waals surface area contributed by atoms with E-state index in [1.807, 2.05) is 5.41 Å². The fourth-order valence-corrected chi connectivity index (χ4v) is 2.76. The van der Waals surface area contributed by atoms with Gasteiger partial charge in [-0.1, -0.05) is 12.1 Å². The third kappa shape index (κ3) is 1.69. The molecule has 0 aliphatic carbocycles. The number of para-hydroxylation sites is 1. The number of hydrogen-bond acceptors (Lipinski definition) is 4. The molecule has 1 N–H and O–H groups in total. The molecular formula is C13H10O3S. The fourth-order valence-electron chi connectivity index (χ4n) is 1.85. The topological polar surface area (TPSA) is 50.4 Å². The molecule has 0 saturated carbocycles. The first-order valence-electron chi connectivity index (χ1n) is 5.24. The van der Waals surface area contributed by atoms with E-state index in [-0.39, 0.29) is 5.43 Å². The summed E-state index contributed by atoms with van der Waals surface area (Å²) in [6.45, 7) is 0. The normalized spacial score (nSPS) is 23.4. The molecule has 1 aromatic heterocycles. The summed E-state index contributed by atoms with van der Waals surface area (Å²) in [5.74, 6) is 0.788. The van der Waals surface area contributed by atoms with Gasteiger partial charge in [0.1, 0.15) is 11.3 Å². The quantitative estimate of drug-likeness (QED) is 0.838. The van der Waals surface area contributed by atoms with Crippen molar-refractivity contribution in [1.82, 2.24) is 0 Å². The summed E-state index contributed by atoms with van der Waals surface area (Å²) in [5, 5.41) is 12.7. The maximum absolute atomic E-state index is 11.9. The van der Waals surface area contributed by atoms with Crippen LogP contribution in [-0.4, -0.2) is 10.9 Å². The molecule has 0 fully saturated rings. The summed E-state index contributed by atoms with van der Waals surface area (Å²) in [6.07, 6.45) is 1.66. The van der Waals surface area contributed by atoms with Crippen LogP contribution in [0.3, 0.4) is 0 Å². The van der Waals surface area contributed by atoms with Crippen molar-refractivity contribution in [3.63, 3.8) is 0 Å². The second kappa shape index (κ2) is 3.75. The molecule has 4 heteroatoms. The van der Waals surface area contributed by atoms with E-state index in [1.54, 1.807) is 30.3 Å². The number of hydrogen-bond donors (Lipinski definition) is 1. The van der Waals surface area contributed by atoms with Gasteiger partial charge in [0.25, 0.3) is 0 Å². The van der Waals surface area contributed by atoms with Crippen LogP contribution in [0.4, 0.5) is 0 Å². The van der Waals surface area contributed by atoms with E-state index >= 15 is 0 Å². The van der Waals surface area contributed by atoms with Crippen molar-refractivity contribution in [3.05, 3.63) is 57.8 Å². The second-order valence-electron chi connectivity index (χ2n) is 4.01. The van der Waals surface area contributed by atoms with Crippen molar-refractivity contribution in [2.45, 2.75) is 5.60 Å². The Morgan fingerprint density at radius 3 is 2.94 bits per heavy atom. The minimum Gasteiger partial charge on any atom is -0.457 e. The number of thioether (sulfide) groups is 1. The Bertz CT molecular complexity index is 659. The highest BCUT2D eigenvalue weighted by atomic mass is 32.2. The van der Waals surface area contributed by atoms with Gasteiger partial charge in [-0.25, -0.2) is 0 Å². The van der Waals surface area contributed by atoms with Gasteiger partial charge >= 0.3 is 0 Å². The third-order valence-corrected chi connectivity index (χ3v) is 3.74. The SMILES string of the molecule is O=c1cc(C2(O)C=CSC2)oc2ccccc12. The van der Waals surface area contributed by atoms with Crippen LogP contribution < -0.4 is 5.43 Å². The van der Waals surface area contributed by atoms with Gasteiger partial charge in [-0.3, -0.25) is 4.79 Å². The lowest BCUT2D eigenvalue weighted by Crippen LogP contribution is -2.24. The smallest absolute Gasteiger partial charge is 0.193 e. The van der Waals surface area contributed by atoms with E-state index in [4.69, 9.17) is 4.42 Å². The molecule has 0 amide bonds. The molecule has 0 bridgehead atoms. The fraction of sp³-hybridized carbons (Fsp3) is 0.154. The van der Waals surface area contributed by atoms with Gasteiger partial charge in [0, 0.05) is 11.8 Å². The van der Waals surface area contributed by atoms with Gasteiger partial charge in [-0.15, -0.1) is 11.8 Å². The molecule has 2 aromatic rings. The Labute approximate surface area is 102 Å².